The first-order valence-electron chi connectivity index (χ1n) is 8.88. The molecule has 0 fully saturated rings. The van der Waals surface area contributed by atoms with E-state index in [2.05, 4.69) is 6.92 Å². The second kappa shape index (κ2) is 8.26. The van der Waals surface area contributed by atoms with Crippen molar-refractivity contribution in [2.75, 3.05) is 6.61 Å². The van der Waals surface area contributed by atoms with Gasteiger partial charge in [-0.1, -0.05) is 31.2 Å². The van der Waals surface area contributed by atoms with Gasteiger partial charge in [-0.15, -0.1) is 0 Å². The molecule has 0 saturated carbocycles. The Morgan fingerprint density at radius 3 is 2.38 bits per heavy atom. The van der Waals surface area contributed by atoms with Crippen molar-refractivity contribution in [3.05, 3.63) is 59.2 Å². The highest BCUT2D eigenvalue weighted by Gasteiger charge is 2.16. The lowest BCUT2D eigenvalue weighted by Gasteiger charge is -2.19. The van der Waals surface area contributed by atoms with Gasteiger partial charge < -0.3 is 14.6 Å². The monoisotopic (exact) mass is 356 g/mol. The number of carbonyl (C=O) groups excluding carboxylic acids is 1. The molecule has 0 amide bonds. The highest BCUT2D eigenvalue weighted by molar-refractivity contribution is 5.71. The summed E-state index contributed by atoms with van der Waals surface area (Å²) in [7, 11) is 0. The summed E-state index contributed by atoms with van der Waals surface area (Å²) in [6.07, 6.45) is 0.846. The number of hydrogen-bond acceptors (Lipinski definition) is 4. The zero-order valence-electron chi connectivity index (χ0n) is 16.2. The maximum Gasteiger partial charge on any atom is 0.344 e. The van der Waals surface area contributed by atoms with Gasteiger partial charge in [-0.25, -0.2) is 4.79 Å². The molecule has 140 valence electrons. The summed E-state index contributed by atoms with van der Waals surface area (Å²) in [6.45, 7) is 9.47. The third-order valence-corrected chi connectivity index (χ3v) is 4.17. The van der Waals surface area contributed by atoms with E-state index in [-0.39, 0.29) is 12.6 Å². The number of benzene rings is 2. The lowest BCUT2D eigenvalue weighted by atomic mass is 9.91. The maximum atomic E-state index is 11.7. The van der Waals surface area contributed by atoms with E-state index in [0.29, 0.717) is 17.4 Å². The predicted molar refractivity (Wildman–Crippen MR) is 103 cm³/mol. The number of hydrogen-bond donors (Lipinski definition) is 1. The minimum Gasteiger partial charge on any atom is -0.508 e. The molecule has 2 rings (SSSR count). The number of aromatic hydroxyl groups is 1. The molecule has 0 bridgehead atoms. The summed E-state index contributed by atoms with van der Waals surface area (Å²) in [4.78, 5) is 11.7. The van der Waals surface area contributed by atoms with Crippen LogP contribution in [0.1, 0.15) is 50.3 Å². The largest absolute Gasteiger partial charge is 0.508 e. The van der Waals surface area contributed by atoms with Crippen LogP contribution in [0, 0.1) is 6.92 Å². The minimum absolute atomic E-state index is 0.103. The normalized spacial score (nSPS) is 12.5. The van der Waals surface area contributed by atoms with Crippen molar-refractivity contribution < 1.29 is 19.4 Å². The summed E-state index contributed by atoms with van der Waals surface area (Å²) in [5, 5.41) is 9.84. The van der Waals surface area contributed by atoms with Gasteiger partial charge in [-0.05, 0) is 74.9 Å². The average Bonchev–Trinajstić information content (AvgIpc) is 2.56. The van der Waals surface area contributed by atoms with E-state index in [1.165, 1.54) is 5.56 Å². The molecule has 0 heterocycles. The van der Waals surface area contributed by atoms with Gasteiger partial charge in [0.25, 0.3) is 0 Å². The Labute approximate surface area is 155 Å². The number of phenols is 1. The van der Waals surface area contributed by atoms with Crippen LogP contribution in [0.15, 0.2) is 42.5 Å². The Morgan fingerprint density at radius 1 is 1.12 bits per heavy atom. The molecule has 2 aromatic rings. The Kier molecular flexibility index (Phi) is 6.30. The van der Waals surface area contributed by atoms with E-state index in [1.54, 1.807) is 6.07 Å². The van der Waals surface area contributed by atoms with Crippen molar-refractivity contribution >= 4 is 5.97 Å². The first-order chi connectivity index (χ1) is 12.2. The Bertz CT molecular complexity index is 742. The number of phenolic OH excluding ortho intramolecular Hbond substituents is 1. The first-order valence-corrected chi connectivity index (χ1v) is 8.88. The third-order valence-electron chi connectivity index (χ3n) is 4.17. The molecule has 0 radical (unpaired) electrons. The number of esters is 1. The first kappa shape index (κ1) is 19.8. The van der Waals surface area contributed by atoms with Crippen LogP contribution in [-0.4, -0.2) is 23.3 Å². The van der Waals surface area contributed by atoms with Crippen LogP contribution in [0.4, 0.5) is 0 Å². The molecular formula is C22H28O4. The summed E-state index contributed by atoms with van der Waals surface area (Å²) < 4.78 is 10.7. The van der Waals surface area contributed by atoms with Crippen LogP contribution in [0.5, 0.6) is 11.5 Å². The van der Waals surface area contributed by atoms with Crippen LogP contribution < -0.4 is 4.74 Å². The number of rotatable bonds is 6. The number of carbonyl (C=O) groups is 1. The molecule has 0 aliphatic heterocycles. The van der Waals surface area contributed by atoms with Crippen LogP contribution in [0.25, 0.3) is 0 Å². The molecule has 1 unspecified atom stereocenters. The lowest BCUT2D eigenvalue weighted by Crippen LogP contribution is -2.27. The molecule has 0 saturated heterocycles. The molecule has 1 atom stereocenters. The maximum absolute atomic E-state index is 11.7. The zero-order valence-corrected chi connectivity index (χ0v) is 16.2. The highest BCUT2D eigenvalue weighted by Crippen LogP contribution is 2.27. The third kappa shape index (κ3) is 5.80. The average molecular weight is 356 g/mol. The van der Waals surface area contributed by atoms with Gasteiger partial charge in [0.15, 0.2) is 6.61 Å². The molecule has 0 aliphatic rings. The minimum atomic E-state index is -0.510. The lowest BCUT2D eigenvalue weighted by molar-refractivity contribution is -0.157. The topological polar surface area (TPSA) is 55.8 Å². The Hall–Kier alpha value is -2.49. The predicted octanol–water partition coefficient (Wildman–Crippen LogP) is 4.77. The molecule has 4 nitrogen and oxygen atoms in total. The fourth-order valence-corrected chi connectivity index (χ4v) is 2.74. The highest BCUT2D eigenvalue weighted by atomic mass is 16.6. The fraction of sp³-hybridized carbons (Fsp3) is 0.409. The van der Waals surface area contributed by atoms with Gasteiger partial charge in [-0.3, -0.25) is 0 Å². The van der Waals surface area contributed by atoms with Crippen molar-refractivity contribution in [2.45, 2.75) is 52.6 Å². The molecule has 0 aromatic heterocycles. The van der Waals surface area contributed by atoms with Crippen LogP contribution in [0.3, 0.4) is 0 Å². The van der Waals surface area contributed by atoms with Gasteiger partial charge in [0.1, 0.15) is 17.1 Å². The van der Waals surface area contributed by atoms with Crippen molar-refractivity contribution in [3.8, 4) is 11.5 Å². The number of ether oxygens (including phenoxy) is 2. The van der Waals surface area contributed by atoms with Crippen LogP contribution >= 0.6 is 0 Å². The summed E-state index contributed by atoms with van der Waals surface area (Å²) in [5.41, 5.74) is 2.74. The van der Waals surface area contributed by atoms with Gasteiger partial charge >= 0.3 is 5.97 Å². The van der Waals surface area contributed by atoms with Gasteiger partial charge in [0.05, 0.1) is 0 Å². The smallest absolute Gasteiger partial charge is 0.344 e. The van der Waals surface area contributed by atoms with Crippen molar-refractivity contribution in [1.29, 1.82) is 0 Å². The quantitative estimate of drug-likeness (QED) is 0.758. The van der Waals surface area contributed by atoms with E-state index in [1.807, 2.05) is 64.1 Å². The summed E-state index contributed by atoms with van der Waals surface area (Å²) in [5.74, 6) is 0.894. The standard InChI is InChI=1S/C22H28O4/c1-15(13-18-7-6-8-20(23)16(18)2)17-9-11-19(12-10-17)25-14-21(24)26-22(3,4)5/h6-12,15,23H,13-14H2,1-5H3. The summed E-state index contributed by atoms with van der Waals surface area (Å²) >= 11 is 0. The van der Waals surface area contributed by atoms with E-state index in [9.17, 15) is 9.90 Å². The Balaban J connectivity index is 1.94. The van der Waals surface area contributed by atoms with E-state index in [0.717, 1.165) is 17.5 Å². The molecule has 26 heavy (non-hydrogen) atoms. The molecule has 0 spiro atoms. The van der Waals surface area contributed by atoms with E-state index in [4.69, 9.17) is 9.47 Å². The molecule has 1 N–H and O–H groups in total. The van der Waals surface area contributed by atoms with Crippen molar-refractivity contribution in [3.63, 3.8) is 0 Å². The van der Waals surface area contributed by atoms with Crippen LogP contribution in [0.2, 0.25) is 0 Å². The summed E-state index contributed by atoms with van der Waals surface area (Å²) in [6, 6.07) is 13.4. The second-order valence-electron chi connectivity index (χ2n) is 7.61. The molecule has 0 aliphatic carbocycles. The van der Waals surface area contributed by atoms with Gasteiger partial charge in [-0.2, -0.15) is 0 Å². The Morgan fingerprint density at radius 2 is 1.77 bits per heavy atom. The van der Waals surface area contributed by atoms with E-state index < -0.39 is 5.60 Å². The molecule has 4 heteroatoms. The van der Waals surface area contributed by atoms with E-state index >= 15 is 0 Å². The molecule has 2 aromatic carbocycles. The van der Waals surface area contributed by atoms with Gasteiger partial charge in [0, 0.05) is 0 Å². The van der Waals surface area contributed by atoms with Crippen LogP contribution in [-0.2, 0) is 16.0 Å². The fourth-order valence-electron chi connectivity index (χ4n) is 2.74. The zero-order chi connectivity index (χ0) is 19.3. The second-order valence-corrected chi connectivity index (χ2v) is 7.61. The van der Waals surface area contributed by atoms with Crippen molar-refractivity contribution in [2.24, 2.45) is 0 Å². The molecular weight excluding hydrogens is 328 g/mol. The SMILES string of the molecule is Cc1c(O)cccc1CC(C)c1ccc(OCC(=O)OC(C)(C)C)cc1. The van der Waals surface area contributed by atoms with Gasteiger partial charge in [0.2, 0.25) is 0 Å². The van der Waals surface area contributed by atoms with Crippen molar-refractivity contribution in [1.82, 2.24) is 0 Å².